The minimum absolute atomic E-state index is 0.154. The number of para-hydroxylation sites is 2. The van der Waals surface area contributed by atoms with Crippen molar-refractivity contribution in [2.24, 2.45) is 0 Å². The van der Waals surface area contributed by atoms with Crippen molar-refractivity contribution >= 4 is 17.6 Å². The molecule has 0 fully saturated rings. The number of halogens is 2. The van der Waals surface area contributed by atoms with E-state index in [0.717, 1.165) is 12.1 Å². The van der Waals surface area contributed by atoms with Crippen LogP contribution in [0.4, 0.5) is 14.5 Å². The van der Waals surface area contributed by atoms with Crippen LogP contribution in [0.5, 0.6) is 5.75 Å². The molecule has 0 aromatic heterocycles. The van der Waals surface area contributed by atoms with Crippen LogP contribution in [-0.4, -0.2) is 24.6 Å². The third-order valence-electron chi connectivity index (χ3n) is 3.27. The van der Waals surface area contributed by atoms with E-state index in [9.17, 15) is 18.4 Å². The summed E-state index contributed by atoms with van der Waals surface area (Å²) in [5.41, 5.74) is -0.439. The lowest BCUT2D eigenvalue weighted by Crippen LogP contribution is -2.30. The second-order valence-corrected chi connectivity index (χ2v) is 5.06. The molecule has 7 heteroatoms. The van der Waals surface area contributed by atoms with Crippen molar-refractivity contribution in [1.82, 2.24) is 0 Å². The summed E-state index contributed by atoms with van der Waals surface area (Å²) in [7, 11) is 0. The van der Waals surface area contributed by atoms with Gasteiger partial charge in [-0.3, -0.25) is 4.79 Å². The molecule has 0 saturated heterocycles. The van der Waals surface area contributed by atoms with E-state index in [2.05, 4.69) is 5.32 Å². The lowest BCUT2D eigenvalue weighted by Gasteiger charge is -2.15. The molecule has 1 amide bonds. The Morgan fingerprint density at radius 3 is 2.36 bits per heavy atom. The Morgan fingerprint density at radius 2 is 1.72 bits per heavy atom. The highest BCUT2D eigenvalue weighted by Crippen LogP contribution is 2.21. The second kappa shape index (κ2) is 8.23. The molecule has 132 valence electrons. The van der Waals surface area contributed by atoms with Crippen molar-refractivity contribution in [3.8, 4) is 5.75 Å². The second-order valence-electron chi connectivity index (χ2n) is 5.06. The van der Waals surface area contributed by atoms with Crippen LogP contribution in [0.3, 0.4) is 0 Å². The minimum Gasteiger partial charge on any atom is -0.493 e. The first-order chi connectivity index (χ1) is 11.9. The fraction of sp³-hybridized carbons (Fsp3) is 0.222. The molecule has 0 bridgehead atoms. The molecule has 0 heterocycles. The SMILES string of the molecule is CCOc1ccccc1C(=O)OC(C)C(=O)Nc1c(F)cccc1F. The quantitative estimate of drug-likeness (QED) is 0.810. The topological polar surface area (TPSA) is 64.6 Å². The van der Waals surface area contributed by atoms with Crippen molar-refractivity contribution in [3.63, 3.8) is 0 Å². The minimum atomic E-state index is -1.26. The number of hydrogen-bond acceptors (Lipinski definition) is 4. The smallest absolute Gasteiger partial charge is 0.342 e. The summed E-state index contributed by atoms with van der Waals surface area (Å²) in [6.45, 7) is 3.42. The number of nitrogens with one attached hydrogen (secondary N) is 1. The molecular weight excluding hydrogens is 332 g/mol. The first kappa shape index (κ1) is 18.4. The number of carbonyl (C=O) groups excluding carboxylic acids is 2. The first-order valence-corrected chi connectivity index (χ1v) is 7.61. The highest BCUT2D eigenvalue weighted by molar-refractivity contribution is 5.98. The number of esters is 1. The Kier molecular flexibility index (Phi) is 6.05. The Balaban J connectivity index is 2.07. The van der Waals surface area contributed by atoms with Gasteiger partial charge in [-0.05, 0) is 38.1 Å². The highest BCUT2D eigenvalue weighted by Gasteiger charge is 2.23. The van der Waals surface area contributed by atoms with E-state index in [1.54, 1.807) is 25.1 Å². The van der Waals surface area contributed by atoms with Gasteiger partial charge in [0.2, 0.25) is 0 Å². The Bertz CT molecular complexity index is 759. The lowest BCUT2D eigenvalue weighted by atomic mass is 10.2. The molecule has 1 atom stereocenters. The van der Waals surface area contributed by atoms with Gasteiger partial charge in [0.25, 0.3) is 5.91 Å². The lowest BCUT2D eigenvalue weighted by molar-refractivity contribution is -0.123. The van der Waals surface area contributed by atoms with Gasteiger partial charge < -0.3 is 14.8 Å². The molecule has 0 spiro atoms. The van der Waals surface area contributed by atoms with E-state index in [1.807, 2.05) is 0 Å². The van der Waals surface area contributed by atoms with Gasteiger partial charge in [0.1, 0.15) is 28.6 Å². The number of carbonyl (C=O) groups is 2. The monoisotopic (exact) mass is 349 g/mol. The van der Waals surface area contributed by atoms with Crippen molar-refractivity contribution in [2.45, 2.75) is 20.0 Å². The highest BCUT2D eigenvalue weighted by atomic mass is 19.1. The summed E-state index contributed by atoms with van der Waals surface area (Å²) in [6.07, 6.45) is -1.26. The summed E-state index contributed by atoms with van der Waals surface area (Å²) in [5.74, 6) is -3.16. The zero-order chi connectivity index (χ0) is 18.4. The van der Waals surface area contributed by atoms with Gasteiger partial charge in [-0.1, -0.05) is 18.2 Å². The molecule has 2 rings (SSSR count). The number of anilines is 1. The number of amides is 1. The average Bonchev–Trinajstić information content (AvgIpc) is 2.58. The molecule has 2 aromatic carbocycles. The maximum atomic E-state index is 13.6. The van der Waals surface area contributed by atoms with Gasteiger partial charge in [0.05, 0.1) is 6.61 Å². The predicted octanol–water partition coefficient (Wildman–Crippen LogP) is 3.55. The maximum Gasteiger partial charge on any atom is 0.342 e. The van der Waals surface area contributed by atoms with E-state index in [-0.39, 0.29) is 5.56 Å². The average molecular weight is 349 g/mol. The van der Waals surface area contributed by atoms with E-state index in [1.165, 1.54) is 19.1 Å². The predicted molar refractivity (Wildman–Crippen MR) is 87.5 cm³/mol. The molecule has 5 nitrogen and oxygen atoms in total. The fourth-order valence-corrected chi connectivity index (χ4v) is 2.04. The van der Waals surface area contributed by atoms with Gasteiger partial charge in [0.15, 0.2) is 6.10 Å². The summed E-state index contributed by atoms with van der Waals surface area (Å²) in [6, 6.07) is 9.60. The van der Waals surface area contributed by atoms with Gasteiger partial charge in [-0.15, -0.1) is 0 Å². The number of ether oxygens (including phenoxy) is 2. The molecule has 1 N–H and O–H groups in total. The zero-order valence-electron chi connectivity index (χ0n) is 13.7. The van der Waals surface area contributed by atoms with Gasteiger partial charge in [0, 0.05) is 0 Å². The molecule has 1 unspecified atom stereocenters. The van der Waals surface area contributed by atoms with E-state index in [0.29, 0.717) is 12.4 Å². The molecule has 2 aromatic rings. The summed E-state index contributed by atoms with van der Waals surface area (Å²) >= 11 is 0. The van der Waals surface area contributed by atoms with Gasteiger partial charge in [-0.2, -0.15) is 0 Å². The van der Waals surface area contributed by atoms with Crippen LogP contribution >= 0.6 is 0 Å². The van der Waals surface area contributed by atoms with E-state index >= 15 is 0 Å². The fourth-order valence-electron chi connectivity index (χ4n) is 2.04. The molecule has 0 aliphatic rings. The van der Waals surface area contributed by atoms with E-state index < -0.39 is 35.3 Å². The first-order valence-electron chi connectivity index (χ1n) is 7.61. The van der Waals surface area contributed by atoms with Crippen LogP contribution in [-0.2, 0) is 9.53 Å². The molecule has 0 radical (unpaired) electrons. The summed E-state index contributed by atoms with van der Waals surface area (Å²) < 4.78 is 37.5. The molecule has 0 aliphatic carbocycles. The van der Waals surface area contributed by atoms with Crippen LogP contribution < -0.4 is 10.1 Å². The maximum absolute atomic E-state index is 13.6. The molecule has 0 saturated carbocycles. The Morgan fingerprint density at radius 1 is 1.08 bits per heavy atom. The third-order valence-corrected chi connectivity index (χ3v) is 3.27. The van der Waals surface area contributed by atoms with Crippen molar-refractivity contribution in [3.05, 3.63) is 59.7 Å². The summed E-state index contributed by atoms with van der Waals surface area (Å²) in [5, 5.41) is 2.08. The van der Waals surface area contributed by atoms with Gasteiger partial charge in [-0.25, -0.2) is 13.6 Å². The summed E-state index contributed by atoms with van der Waals surface area (Å²) in [4.78, 5) is 24.3. The van der Waals surface area contributed by atoms with Crippen LogP contribution in [0.1, 0.15) is 24.2 Å². The van der Waals surface area contributed by atoms with Crippen LogP contribution in [0.15, 0.2) is 42.5 Å². The standard InChI is InChI=1S/C18H17F2NO4/c1-3-24-15-10-5-4-7-12(15)18(23)25-11(2)17(22)21-16-13(19)8-6-9-14(16)20/h4-11H,3H2,1-2H3,(H,21,22). The van der Waals surface area contributed by atoms with Gasteiger partial charge >= 0.3 is 5.97 Å². The third kappa shape index (κ3) is 4.53. The Hall–Kier alpha value is -2.96. The number of hydrogen-bond donors (Lipinski definition) is 1. The largest absolute Gasteiger partial charge is 0.493 e. The molecule has 25 heavy (non-hydrogen) atoms. The van der Waals surface area contributed by atoms with Crippen molar-refractivity contribution in [2.75, 3.05) is 11.9 Å². The number of benzene rings is 2. The number of rotatable bonds is 6. The van der Waals surface area contributed by atoms with E-state index in [4.69, 9.17) is 9.47 Å². The van der Waals surface area contributed by atoms with Crippen LogP contribution in [0.25, 0.3) is 0 Å². The van der Waals surface area contributed by atoms with Crippen molar-refractivity contribution in [1.29, 1.82) is 0 Å². The zero-order valence-corrected chi connectivity index (χ0v) is 13.7. The van der Waals surface area contributed by atoms with Crippen LogP contribution in [0.2, 0.25) is 0 Å². The van der Waals surface area contributed by atoms with Crippen molar-refractivity contribution < 1.29 is 27.8 Å². The normalized spacial score (nSPS) is 11.5. The molecule has 0 aliphatic heterocycles. The molecular formula is C18H17F2NO4. The van der Waals surface area contributed by atoms with Crippen LogP contribution in [0, 0.1) is 11.6 Å². The Labute approximate surface area is 143 Å².